The van der Waals surface area contributed by atoms with E-state index in [1.165, 1.54) is 7.11 Å². The van der Waals surface area contributed by atoms with Crippen LogP contribution in [0, 0.1) is 0 Å². The van der Waals surface area contributed by atoms with Gasteiger partial charge in [0.05, 0.1) is 23.8 Å². The van der Waals surface area contributed by atoms with Gasteiger partial charge in [0.15, 0.2) is 0 Å². The highest BCUT2D eigenvalue weighted by Gasteiger charge is 2.13. The smallest absolute Gasteiger partial charge is 0.339 e. The van der Waals surface area contributed by atoms with E-state index in [1.807, 2.05) is 24.3 Å². The number of ether oxygens (including phenoxy) is 1. The Kier molecular flexibility index (Phi) is 4.25. The summed E-state index contributed by atoms with van der Waals surface area (Å²) >= 11 is 3.34. The molecule has 0 aliphatic carbocycles. The molecule has 3 aromatic rings. The van der Waals surface area contributed by atoms with Gasteiger partial charge in [0.1, 0.15) is 0 Å². The third-order valence-electron chi connectivity index (χ3n) is 3.58. The summed E-state index contributed by atoms with van der Waals surface area (Å²) < 4.78 is 5.45. The van der Waals surface area contributed by atoms with E-state index in [4.69, 9.17) is 4.74 Å². The fourth-order valence-electron chi connectivity index (χ4n) is 2.45. The molecule has 0 aliphatic rings. The van der Waals surface area contributed by atoms with Gasteiger partial charge in [-0.15, -0.1) is 0 Å². The molecule has 0 bridgehead atoms. The first-order chi connectivity index (χ1) is 11.1. The number of rotatable bonds is 3. The number of aromatic nitrogens is 2. The minimum absolute atomic E-state index is 0.213. The average molecular weight is 373 g/mol. The van der Waals surface area contributed by atoms with Gasteiger partial charge in [-0.3, -0.25) is 4.79 Å². The van der Waals surface area contributed by atoms with Crippen molar-refractivity contribution in [3.63, 3.8) is 0 Å². The lowest BCUT2D eigenvalue weighted by molar-refractivity contribution is 0.0599. The Morgan fingerprint density at radius 2 is 1.96 bits per heavy atom. The summed E-state index contributed by atoms with van der Waals surface area (Å²) in [5.74, 6) is -0.405. The van der Waals surface area contributed by atoms with Crippen LogP contribution in [0.5, 0.6) is 0 Å². The number of halogens is 1. The second-order valence-electron chi connectivity index (χ2n) is 5.03. The molecule has 1 N–H and O–H groups in total. The Morgan fingerprint density at radius 1 is 1.22 bits per heavy atom. The number of H-pyrrole nitrogens is 1. The first-order valence-corrected chi connectivity index (χ1v) is 7.72. The van der Waals surface area contributed by atoms with Gasteiger partial charge in [-0.1, -0.05) is 24.3 Å². The molecule has 1 heterocycles. The lowest BCUT2D eigenvalue weighted by atomic mass is 10.0. The molecule has 0 saturated carbocycles. The third kappa shape index (κ3) is 3.03. The van der Waals surface area contributed by atoms with E-state index >= 15 is 0 Å². The van der Waals surface area contributed by atoms with E-state index in [2.05, 4.69) is 26.1 Å². The van der Waals surface area contributed by atoms with Gasteiger partial charge in [-0.2, -0.15) is 5.10 Å². The Labute approximate surface area is 140 Å². The molecule has 6 heteroatoms. The van der Waals surface area contributed by atoms with Crippen molar-refractivity contribution in [1.82, 2.24) is 10.2 Å². The molecule has 0 aliphatic heterocycles. The fourth-order valence-corrected chi connectivity index (χ4v) is 2.86. The number of esters is 1. The Morgan fingerprint density at radius 3 is 2.70 bits per heavy atom. The van der Waals surface area contributed by atoms with Crippen molar-refractivity contribution in [2.75, 3.05) is 7.11 Å². The largest absolute Gasteiger partial charge is 0.465 e. The number of carbonyl (C=O) groups excluding carboxylic acids is 1. The summed E-state index contributed by atoms with van der Waals surface area (Å²) in [5.41, 5.74) is 1.89. The zero-order valence-electron chi connectivity index (χ0n) is 12.3. The van der Waals surface area contributed by atoms with Crippen molar-refractivity contribution in [2.45, 2.75) is 6.42 Å². The van der Waals surface area contributed by atoms with Gasteiger partial charge in [-0.05, 0) is 39.7 Å². The maximum Gasteiger partial charge on any atom is 0.339 e. The maximum absolute atomic E-state index is 11.8. The monoisotopic (exact) mass is 372 g/mol. The van der Waals surface area contributed by atoms with Crippen molar-refractivity contribution < 1.29 is 9.53 Å². The molecule has 0 spiro atoms. The minimum Gasteiger partial charge on any atom is -0.465 e. The second kappa shape index (κ2) is 6.34. The van der Waals surface area contributed by atoms with Crippen molar-refractivity contribution in [1.29, 1.82) is 0 Å². The van der Waals surface area contributed by atoms with Gasteiger partial charge in [0.2, 0.25) is 0 Å². The number of hydrogen-bond acceptors (Lipinski definition) is 4. The van der Waals surface area contributed by atoms with E-state index in [1.54, 1.807) is 18.2 Å². The zero-order valence-corrected chi connectivity index (χ0v) is 13.9. The molecular weight excluding hydrogens is 360 g/mol. The molecule has 2 aromatic carbocycles. The van der Waals surface area contributed by atoms with E-state index in [-0.39, 0.29) is 5.56 Å². The highest BCUT2D eigenvalue weighted by Crippen LogP contribution is 2.22. The van der Waals surface area contributed by atoms with Crippen molar-refractivity contribution in [2.24, 2.45) is 0 Å². The Balaban J connectivity index is 2.05. The number of hydrogen-bond donors (Lipinski definition) is 1. The van der Waals surface area contributed by atoms with Gasteiger partial charge < -0.3 is 4.74 Å². The quantitative estimate of drug-likeness (QED) is 0.717. The number of aromatic amines is 1. The van der Waals surface area contributed by atoms with E-state index < -0.39 is 5.97 Å². The van der Waals surface area contributed by atoms with Crippen molar-refractivity contribution in [3.8, 4) is 0 Å². The van der Waals surface area contributed by atoms with Gasteiger partial charge in [-0.25, -0.2) is 9.89 Å². The van der Waals surface area contributed by atoms with Crippen molar-refractivity contribution >= 4 is 32.7 Å². The van der Waals surface area contributed by atoms with Crippen molar-refractivity contribution in [3.05, 3.63) is 74.1 Å². The van der Waals surface area contributed by atoms with Crippen LogP contribution in [0.3, 0.4) is 0 Å². The Bertz CT molecular complexity index is 950. The van der Waals surface area contributed by atoms with Crippen LogP contribution < -0.4 is 5.56 Å². The van der Waals surface area contributed by atoms with Crippen LogP contribution in [-0.4, -0.2) is 23.3 Å². The standard InChI is InChI=1S/C17H13BrN2O3/c1-23-17(22)13-8-10(6-7-14(13)18)9-15-11-4-2-3-5-12(11)16(21)20-19-15/h2-8H,9H2,1H3,(H,20,21). The summed E-state index contributed by atoms with van der Waals surface area (Å²) in [6.07, 6.45) is 0.495. The van der Waals surface area contributed by atoms with Crippen LogP contribution in [0.2, 0.25) is 0 Å². The second-order valence-corrected chi connectivity index (χ2v) is 5.88. The summed E-state index contributed by atoms with van der Waals surface area (Å²) in [6.45, 7) is 0. The molecule has 116 valence electrons. The number of benzene rings is 2. The zero-order chi connectivity index (χ0) is 16.4. The molecule has 0 atom stereocenters. The molecule has 5 nitrogen and oxygen atoms in total. The number of nitrogens with zero attached hydrogens (tertiary/aromatic N) is 1. The normalized spacial score (nSPS) is 10.7. The molecule has 23 heavy (non-hydrogen) atoms. The molecule has 0 saturated heterocycles. The molecule has 1 aromatic heterocycles. The maximum atomic E-state index is 11.8. The van der Waals surface area contributed by atoms with Gasteiger partial charge in [0, 0.05) is 16.3 Å². The minimum atomic E-state index is -0.405. The highest BCUT2D eigenvalue weighted by atomic mass is 79.9. The van der Waals surface area contributed by atoms with E-state index in [0.717, 1.165) is 16.6 Å². The van der Waals surface area contributed by atoms with Crippen LogP contribution in [0.25, 0.3) is 10.8 Å². The summed E-state index contributed by atoms with van der Waals surface area (Å²) in [6, 6.07) is 12.8. The topological polar surface area (TPSA) is 72.0 Å². The lowest BCUT2D eigenvalue weighted by Crippen LogP contribution is -2.11. The molecule has 0 radical (unpaired) electrons. The summed E-state index contributed by atoms with van der Waals surface area (Å²) in [7, 11) is 1.35. The fraction of sp³-hybridized carbons (Fsp3) is 0.118. The lowest BCUT2D eigenvalue weighted by Gasteiger charge is -2.08. The Hall–Kier alpha value is -2.47. The van der Waals surface area contributed by atoms with Gasteiger partial charge in [0.25, 0.3) is 5.56 Å². The molecular formula is C17H13BrN2O3. The first-order valence-electron chi connectivity index (χ1n) is 6.93. The molecule has 0 fully saturated rings. The molecule has 0 unspecified atom stereocenters. The average Bonchev–Trinajstić information content (AvgIpc) is 2.58. The van der Waals surface area contributed by atoms with Gasteiger partial charge >= 0.3 is 5.97 Å². The number of methoxy groups -OCH3 is 1. The molecule has 3 rings (SSSR count). The number of nitrogens with one attached hydrogen (secondary N) is 1. The highest BCUT2D eigenvalue weighted by molar-refractivity contribution is 9.10. The van der Waals surface area contributed by atoms with Crippen LogP contribution in [-0.2, 0) is 11.2 Å². The SMILES string of the molecule is COC(=O)c1cc(Cc2n[nH]c(=O)c3ccccc23)ccc1Br. The van der Waals surface area contributed by atoms with E-state index in [9.17, 15) is 9.59 Å². The van der Waals surface area contributed by atoms with Crippen LogP contribution in [0.1, 0.15) is 21.6 Å². The van der Waals surface area contributed by atoms with E-state index in [0.29, 0.717) is 21.8 Å². The predicted molar refractivity (Wildman–Crippen MR) is 90.7 cm³/mol. The first kappa shape index (κ1) is 15.4. The number of fused-ring (bicyclic) bond motifs is 1. The third-order valence-corrected chi connectivity index (χ3v) is 4.27. The van der Waals surface area contributed by atoms with Crippen LogP contribution in [0.4, 0.5) is 0 Å². The summed E-state index contributed by atoms with van der Waals surface area (Å²) in [5, 5.41) is 8.07. The van der Waals surface area contributed by atoms with Crippen LogP contribution in [0.15, 0.2) is 51.7 Å². The summed E-state index contributed by atoms with van der Waals surface area (Å²) in [4.78, 5) is 23.6. The number of carbonyl (C=O) groups is 1. The van der Waals surface area contributed by atoms with Crippen LogP contribution >= 0.6 is 15.9 Å². The molecule has 0 amide bonds. The predicted octanol–water partition coefficient (Wildman–Crippen LogP) is 3.06.